The van der Waals surface area contributed by atoms with Gasteiger partial charge in [0.1, 0.15) is 12.6 Å². The summed E-state index contributed by atoms with van der Waals surface area (Å²) in [6, 6.07) is 13.3. The molecule has 0 radical (unpaired) electrons. The third-order valence-corrected chi connectivity index (χ3v) is 6.81. The van der Waals surface area contributed by atoms with Crippen molar-refractivity contribution in [2.45, 2.75) is 65.6 Å². The van der Waals surface area contributed by atoms with Crippen molar-refractivity contribution >= 4 is 39.1 Å². The van der Waals surface area contributed by atoms with Crippen molar-refractivity contribution in [2.24, 2.45) is 0 Å². The average molecular weight is 522 g/mol. The predicted octanol–water partition coefficient (Wildman–Crippen LogP) is 4.56. The summed E-state index contributed by atoms with van der Waals surface area (Å²) in [7, 11) is -3.77. The van der Waals surface area contributed by atoms with Gasteiger partial charge in [0, 0.05) is 17.1 Å². The number of hydrogen-bond donors (Lipinski definition) is 1. The fourth-order valence-electron chi connectivity index (χ4n) is 3.53. The molecule has 0 heterocycles. The highest BCUT2D eigenvalue weighted by Gasteiger charge is 2.31. The van der Waals surface area contributed by atoms with E-state index in [-0.39, 0.29) is 18.4 Å². The number of hydrogen-bond acceptors (Lipinski definition) is 4. The second kappa shape index (κ2) is 11.4. The highest BCUT2D eigenvalue weighted by molar-refractivity contribution is 7.92. The van der Waals surface area contributed by atoms with E-state index in [1.807, 2.05) is 46.8 Å². The zero-order valence-corrected chi connectivity index (χ0v) is 23.1. The first-order chi connectivity index (χ1) is 16.1. The van der Waals surface area contributed by atoms with Crippen LogP contribution in [0.4, 0.5) is 5.69 Å². The smallest absolute Gasteiger partial charge is 0.244 e. The van der Waals surface area contributed by atoms with E-state index in [0.29, 0.717) is 10.7 Å². The minimum Gasteiger partial charge on any atom is -0.350 e. The van der Waals surface area contributed by atoms with Crippen LogP contribution in [0.15, 0.2) is 48.5 Å². The molecule has 0 saturated heterocycles. The second-order valence-corrected chi connectivity index (χ2v) is 12.4. The van der Waals surface area contributed by atoms with Gasteiger partial charge in [-0.05, 0) is 69.0 Å². The molecule has 0 aliphatic heterocycles. The first-order valence-electron chi connectivity index (χ1n) is 11.5. The zero-order valence-electron chi connectivity index (χ0n) is 21.5. The second-order valence-electron chi connectivity index (χ2n) is 10.1. The largest absolute Gasteiger partial charge is 0.350 e. The van der Waals surface area contributed by atoms with E-state index in [1.54, 1.807) is 43.3 Å². The summed E-state index contributed by atoms with van der Waals surface area (Å²) in [5.74, 6) is -0.548. The van der Waals surface area contributed by atoms with Crippen LogP contribution >= 0.6 is 11.6 Å². The highest BCUT2D eigenvalue weighted by atomic mass is 35.5. The lowest BCUT2D eigenvalue weighted by molar-refractivity contribution is -0.140. The Kier molecular flexibility index (Phi) is 9.36. The number of carbonyl (C=O) groups is 2. The molecule has 0 fully saturated rings. The molecule has 2 aromatic rings. The molecule has 9 heteroatoms. The number of nitrogens with one attached hydrogen (secondary N) is 1. The van der Waals surface area contributed by atoms with Crippen LogP contribution in [0, 0.1) is 0 Å². The SMILES string of the molecule is CC(C)c1ccc(N(CC(=O)N(Cc2cccc(Cl)c2)[C@H](C)C(=O)NC(C)(C)C)S(C)(=O)=O)cc1. The summed E-state index contributed by atoms with van der Waals surface area (Å²) in [4.78, 5) is 27.9. The lowest BCUT2D eigenvalue weighted by atomic mass is 10.0. The average Bonchev–Trinajstić information content (AvgIpc) is 2.73. The van der Waals surface area contributed by atoms with E-state index in [2.05, 4.69) is 5.32 Å². The molecule has 1 atom stereocenters. The summed E-state index contributed by atoms with van der Waals surface area (Å²) in [6.45, 7) is 10.9. The van der Waals surface area contributed by atoms with Crippen molar-refractivity contribution in [3.8, 4) is 0 Å². The van der Waals surface area contributed by atoms with Crippen LogP contribution in [0.5, 0.6) is 0 Å². The molecule has 2 aromatic carbocycles. The molecule has 7 nitrogen and oxygen atoms in total. The number of halogens is 1. The first-order valence-corrected chi connectivity index (χ1v) is 13.7. The molecule has 2 amide bonds. The lowest BCUT2D eigenvalue weighted by Crippen LogP contribution is -2.54. The molecule has 0 bridgehead atoms. The van der Waals surface area contributed by atoms with Crippen molar-refractivity contribution in [3.05, 3.63) is 64.7 Å². The first kappa shape index (κ1) is 28.7. The number of amides is 2. The van der Waals surface area contributed by atoms with Crippen LogP contribution < -0.4 is 9.62 Å². The van der Waals surface area contributed by atoms with Gasteiger partial charge in [-0.15, -0.1) is 0 Å². The maximum Gasteiger partial charge on any atom is 0.244 e. The fraction of sp³-hybridized carbons (Fsp3) is 0.462. The maximum absolute atomic E-state index is 13.6. The van der Waals surface area contributed by atoms with Gasteiger partial charge in [-0.3, -0.25) is 13.9 Å². The maximum atomic E-state index is 13.6. The van der Waals surface area contributed by atoms with Crippen molar-refractivity contribution in [1.82, 2.24) is 10.2 Å². The molecule has 2 rings (SSSR count). The summed E-state index contributed by atoms with van der Waals surface area (Å²) in [5.41, 5.74) is 1.68. The normalized spacial score (nSPS) is 12.8. The van der Waals surface area contributed by atoms with Crippen LogP contribution in [0.1, 0.15) is 58.6 Å². The van der Waals surface area contributed by atoms with Crippen molar-refractivity contribution < 1.29 is 18.0 Å². The van der Waals surface area contributed by atoms with Crippen molar-refractivity contribution in [3.63, 3.8) is 0 Å². The molecule has 35 heavy (non-hydrogen) atoms. The molecule has 192 valence electrons. The van der Waals surface area contributed by atoms with Gasteiger partial charge in [-0.2, -0.15) is 0 Å². The Morgan fingerprint density at radius 3 is 2.11 bits per heavy atom. The van der Waals surface area contributed by atoms with E-state index in [1.165, 1.54) is 4.90 Å². The molecular formula is C26H36ClN3O4S. The van der Waals surface area contributed by atoms with Gasteiger partial charge in [0.15, 0.2) is 0 Å². The van der Waals surface area contributed by atoms with E-state index in [0.717, 1.165) is 21.7 Å². The topological polar surface area (TPSA) is 86.8 Å². The number of carbonyl (C=O) groups excluding carboxylic acids is 2. The number of nitrogens with zero attached hydrogens (tertiary/aromatic N) is 2. The van der Waals surface area contributed by atoms with E-state index < -0.39 is 34.1 Å². The number of sulfonamides is 1. The molecule has 0 aliphatic rings. The highest BCUT2D eigenvalue weighted by Crippen LogP contribution is 2.23. The van der Waals surface area contributed by atoms with Gasteiger partial charge in [-0.1, -0.05) is 49.7 Å². The van der Waals surface area contributed by atoms with Gasteiger partial charge in [0.2, 0.25) is 21.8 Å². The summed E-state index contributed by atoms with van der Waals surface area (Å²) >= 11 is 6.13. The molecule has 0 unspecified atom stereocenters. The van der Waals surface area contributed by atoms with Crippen molar-refractivity contribution in [1.29, 1.82) is 0 Å². The third-order valence-electron chi connectivity index (χ3n) is 5.43. The zero-order chi connectivity index (χ0) is 26.6. The molecular weight excluding hydrogens is 486 g/mol. The molecule has 0 spiro atoms. The van der Waals surface area contributed by atoms with Crippen molar-refractivity contribution in [2.75, 3.05) is 17.1 Å². The van der Waals surface area contributed by atoms with Gasteiger partial charge >= 0.3 is 0 Å². The summed E-state index contributed by atoms with van der Waals surface area (Å²) in [5, 5.41) is 3.40. The van der Waals surface area contributed by atoms with Gasteiger partial charge < -0.3 is 10.2 Å². The van der Waals surface area contributed by atoms with E-state index in [9.17, 15) is 18.0 Å². The summed E-state index contributed by atoms with van der Waals surface area (Å²) < 4.78 is 26.4. The molecule has 0 aromatic heterocycles. The molecule has 0 aliphatic carbocycles. The monoisotopic (exact) mass is 521 g/mol. The van der Waals surface area contributed by atoms with Gasteiger partial charge in [0.25, 0.3) is 0 Å². The molecule has 1 N–H and O–H groups in total. The van der Waals surface area contributed by atoms with E-state index >= 15 is 0 Å². The van der Waals surface area contributed by atoms with Crippen LogP contribution in [0.3, 0.4) is 0 Å². The minimum absolute atomic E-state index is 0.0992. The summed E-state index contributed by atoms with van der Waals surface area (Å²) in [6.07, 6.45) is 1.06. The Morgan fingerprint density at radius 2 is 1.63 bits per heavy atom. The standard InChI is InChI=1S/C26H36ClN3O4S/c1-18(2)21-11-13-23(14-12-21)30(35(7,33)34)17-24(31)29(16-20-9-8-10-22(27)15-20)19(3)25(32)28-26(4,5)6/h8-15,18-19H,16-17H2,1-7H3,(H,28,32)/t19-/m1/s1. The number of anilines is 1. The number of rotatable bonds is 9. The predicted molar refractivity (Wildman–Crippen MR) is 142 cm³/mol. The van der Waals surface area contributed by atoms with Crippen LogP contribution in [-0.2, 0) is 26.2 Å². The fourth-order valence-corrected chi connectivity index (χ4v) is 4.59. The van der Waals surface area contributed by atoms with Crippen LogP contribution in [0.2, 0.25) is 5.02 Å². The Labute approximate surface area is 214 Å². The molecule has 0 saturated carbocycles. The lowest BCUT2D eigenvalue weighted by Gasteiger charge is -2.33. The quantitative estimate of drug-likeness (QED) is 0.524. The Balaban J connectivity index is 2.40. The Bertz CT molecular complexity index is 1140. The van der Waals surface area contributed by atoms with Gasteiger partial charge in [-0.25, -0.2) is 8.42 Å². The third kappa shape index (κ3) is 8.54. The minimum atomic E-state index is -3.77. The Morgan fingerprint density at radius 1 is 1.03 bits per heavy atom. The van der Waals surface area contributed by atoms with Crippen LogP contribution in [0.25, 0.3) is 0 Å². The number of benzene rings is 2. The Hall–Kier alpha value is -2.58. The van der Waals surface area contributed by atoms with Crippen LogP contribution in [-0.4, -0.2) is 49.5 Å². The van der Waals surface area contributed by atoms with Gasteiger partial charge in [0.05, 0.1) is 11.9 Å². The van der Waals surface area contributed by atoms with E-state index in [4.69, 9.17) is 11.6 Å².